The van der Waals surface area contributed by atoms with E-state index in [9.17, 15) is 9.59 Å². The Bertz CT molecular complexity index is 1230. The summed E-state index contributed by atoms with van der Waals surface area (Å²) >= 11 is 0. The summed E-state index contributed by atoms with van der Waals surface area (Å²) in [6, 6.07) is 5.14. The van der Waals surface area contributed by atoms with E-state index in [2.05, 4.69) is 20.2 Å². The number of rotatable bonds is 2. The topological polar surface area (TPSA) is 98.5 Å². The third kappa shape index (κ3) is 2.34. The van der Waals surface area contributed by atoms with Crippen molar-refractivity contribution in [2.45, 2.75) is 26.8 Å². The molecule has 0 aliphatic heterocycles. The van der Waals surface area contributed by atoms with E-state index in [1.165, 1.54) is 4.57 Å². The van der Waals surface area contributed by atoms with Crippen LogP contribution in [0.4, 0.5) is 0 Å². The van der Waals surface area contributed by atoms with Crippen molar-refractivity contribution in [2.75, 3.05) is 0 Å². The highest BCUT2D eigenvalue weighted by molar-refractivity contribution is 5.91. The van der Waals surface area contributed by atoms with Crippen molar-refractivity contribution >= 4 is 21.8 Å². The van der Waals surface area contributed by atoms with E-state index in [0.717, 1.165) is 0 Å². The number of pyridine rings is 3. The van der Waals surface area contributed by atoms with E-state index in [-0.39, 0.29) is 23.1 Å². The van der Waals surface area contributed by atoms with Crippen molar-refractivity contribution in [1.82, 2.24) is 29.3 Å². The number of nitrogens with one attached hydrogen (secondary N) is 1. The van der Waals surface area contributed by atoms with Gasteiger partial charge in [-0.05, 0) is 39.0 Å². The summed E-state index contributed by atoms with van der Waals surface area (Å²) in [5.74, 6) is 0.871. The van der Waals surface area contributed by atoms with Crippen LogP contribution in [0.5, 0.6) is 0 Å². The van der Waals surface area contributed by atoms with E-state index in [4.69, 9.17) is 0 Å². The highest BCUT2D eigenvalue weighted by Crippen LogP contribution is 2.16. The number of aromatic amines is 1. The first-order chi connectivity index (χ1) is 12.0. The van der Waals surface area contributed by atoms with Crippen LogP contribution in [0.15, 0.2) is 40.2 Å². The molecular weight excluding hydrogens is 320 g/mol. The Kier molecular flexibility index (Phi) is 3.28. The number of hydrogen-bond donors (Lipinski definition) is 1. The minimum Gasteiger partial charge on any atom is -0.312 e. The van der Waals surface area contributed by atoms with Crippen molar-refractivity contribution in [1.29, 1.82) is 0 Å². The molecule has 0 atom stereocenters. The van der Waals surface area contributed by atoms with Crippen LogP contribution in [-0.4, -0.2) is 29.3 Å². The predicted molar refractivity (Wildman–Crippen MR) is 94.2 cm³/mol. The van der Waals surface area contributed by atoms with Crippen LogP contribution in [0.1, 0.15) is 25.7 Å². The maximum Gasteiger partial charge on any atom is 0.267 e. The monoisotopic (exact) mass is 336 g/mol. The van der Waals surface area contributed by atoms with Gasteiger partial charge < -0.3 is 4.57 Å². The summed E-state index contributed by atoms with van der Waals surface area (Å²) in [4.78, 5) is 34.1. The molecule has 0 bridgehead atoms. The highest BCUT2D eigenvalue weighted by atomic mass is 16.1. The lowest BCUT2D eigenvalue weighted by Gasteiger charge is -2.11. The largest absolute Gasteiger partial charge is 0.312 e. The minimum atomic E-state index is -0.315. The van der Waals surface area contributed by atoms with Gasteiger partial charge in [-0.15, -0.1) is 5.10 Å². The Morgan fingerprint density at radius 1 is 1.00 bits per heavy atom. The molecule has 8 nitrogen and oxygen atoms in total. The minimum absolute atomic E-state index is 0.0243. The van der Waals surface area contributed by atoms with Crippen molar-refractivity contribution in [3.63, 3.8) is 0 Å². The number of aryl methyl sites for hydroxylation is 1. The second kappa shape index (κ2) is 5.37. The van der Waals surface area contributed by atoms with Gasteiger partial charge in [0.15, 0.2) is 0 Å². The Labute approximate surface area is 141 Å². The first-order valence-electron chi connectivity index (χ1n) is 7.92. The molecule has 8 heteroatoms. The molecule has 0 saturated carbocycles. The Morgan fingerprint density at radius 2 is 1.68 bits per heavy atom. The fraction of sp³-hybridized carbons (Fsp3) is 0.235. The summed E-state index contributed by atoms with van der Waals surface area (Å²) in [6.45, 7) is 5.62. The average Bonchev–Trinajstić information content (AvgIpc) is 3.00. The normalized spacial score (nSPS) is 11.7. The number of fused-ring (bicyclic) bond motifs is 2. The molecule has 126 valence electrons. The summed E-state index contributed by atoms with van der Waals surface area (Å²) in [6.07, 6.45) is 3.31. The van der Waals surface area contributed by atoms with Gasteiger partial charge in [0.05, 0.1) is 21.8 Å². The maximum atomic E-state index is 12.8. The fourth-order valence-electron chi connectivity index (χ4n) is 2.84. The second-order valence-electron chi connectivity index (χ2n) is 6.19. The Hall–Kier alpha value is -3.29. The van der Waals surface area contributed by atoms with E-state index in [0.29, 0.717) is 27.6 Å². The van der Waals surface area contributed by atoms with E-state index in [1.54, 1.807) is 42.1 Å². The van der Waals surface area contributed by atoms with Crippen LogP contribution < -0.4 is 11.1 Å². The number of aromatic nitrogens is 6. The van der Waals surface area contributed by atoms with Crippen molar-refractivity contribution in [2.24, 2.45) is 0 Å². The van der Waals surface area contributed by atoms with Gasteiger partial charge in [0, 0.05) is 18.4 Å². The first kappa shape index (κ1) is 15.3. The number of nitrogens with zero attached hydrogens (tertiary/aromatic N) is 5. The molecule has 0 spiro atoms. The Morgan fingerprint density at radius 3 is 2.32 bits per heavy atom. The van der Waals surface area contributed by atoms with Gasteiger partial charge in [0.2, 0.25) is 0 Å². The molecule has 0 amide bonds. The third-order valence-corrected chi connectivity index (χ3v) is 4.13. The molecule has 0 radical (unpaired) electrons. The summed E-state index contributed by atoms with van der Waals surface area (Å²) < 4.78 is 2.96. The molecule has 0 aliphatic rings. The molecule has 0 aliphatic carbocycles. The molecular formula is C17H16N6O2. The molecule has 0 unspecified atom stereocenters. The predicted octanol–water partition coefficient (Wildman–Crippen LogP) is 1.71. The van der Waals surface area contributed by atoms with Gasteiger partial charge in [0.1, 0.15) is 5.82 Å². The average molecular weight is 336 g/mol. The first-order valence-corrected chi connectivity index (χ1v) is 7.92. The van der Waals surface area contributed by atoms with Gasteiger partial charge in [-0.2, -0.15) is 4.98 Å². The van der Waals surface area contributed by atoms with E-state index >= 15 is 0 Å². The quantitative estimate of drug-likeness (QED) is 0.562. The molecule has 0 aromatic carbocycles. The van der Waals surface area contributed by atoms with Crippen LogP contribution >= 0.6 is 0 Å². The van der Waals surface area contributed by atoms with Gasteiger partial charge in [-0.25, -0.2) is 9.55 Å². The zero-order valence-corrected chi connectivity index (χ0v) is 14.0. The molecule has 25 heavy (non-hydrogen) atoms. The molecule has 4 aromatic rings. The smallest absolute Gasteiger partial charge is 0.267 e. The fourth-order valence-corrected chi connectivity index (χ4v) is 2.84. The lowest BCUT2D eigenvalue weighted by atomic mass is 10.2. The molecule has 0 fully saturated rings. The van der Waals surface area contributed by atoms with Gasteiger partial charge in [0.25, 0.3) is 17.1 Å². The van der Waals surface area contributed by atoms with Crippen molar-refractivity contribution in [3.05, 3.63) is 57.1 Å². The zero-order chi connectivity index (χ0) is 17.7. The maximum absolute atomic E-state index is 12.8. The van der Waals surface area contributed by atoms with Gasteiger partial charge in [-0.3, -0.25) is 14.7 Å². The van der Waals surface area contributed by atoms with Crippen molar-refractivity contribution in [3.8, 4) is 5.95 Å². The van der Waals surface area contributed by atoms with Crippen LogP contribution in [0.25, 0.3) is 27.8 Å². The molecule has 1 N–H and O–H groups in total. The molecule has 4 heterocycles. The van der Waals surface area contributed by atoms with E-state index in [1.807, 2.05) is 13.8 Å². The summed E-state index contributed by atoms with van der Waals surface area (Å²) in [5, 5.41) is 7.50. The second-order valence-corrected chi connectivity index (χ2v) is 6.19. The molecule has 0 saturated heterocycles. The van der Waals surface area contributed by atoms with Crippen LogP contribution in [0, 0.1) is 6.92 Å². The number of hydrogen-bond acceptors (Lipinski definition) is 5. The molecule has 4 aromatic heterocycles. The third-order valence-electron chi connectivity index (χ3n) is 4.13. The standard InChI is InChI=1S/C17H16N6O2/c1-9(2)22-6-4-13-11(15(22)24)8-12-14(19-13)5-7-23(16(12)25)17-18-10(3)20-21-17/h4-9H,1-3H3,(H,18,20,21). The summed E-state index contributed by atoms with van der Waals surface area (Å²) in [7, 11) is 0. The van der Waals surface area contributed by atoms with Crippen LogP contribution in [-0.2, 0) is 0 Å². The lowest BCUT2D eigenvalue weighted by Crippen LogP contribution is -2.23. The van der Waals surface area contributed by atoms with Crippen LogP contribution in [0.3, 0.4) is 0 Å². The van der Waals surface area contributed by atoms with Gasteiger partial charge >= 0.3 is 0 Å². The number of H-pyrrole nitrogens is 1. The molecule has 4 rings (SSSR count). The summed E-state index contributed by atoms with van der Waals surface area (Å²) in [5.41, 5.74) is 0.624. The van der Waals surface area contributed by atoms with Gasteiger partial charge in [-0.1, -0.05) is 0 Å². The SMILES string of the molecule is Cc1nc(-n2ccc3nc4ccn(C(C)C)c(=O)c4cc3c2=O)n[nH]1. The van der Waals surface area contributed by atoms with Crippen LogP contribution in [0.2, 0.25) is 0 Å². The lowest BCUT2D eigenvalue weighted by molar-refractivity contribution is 0.582. The zero-order valence-electron chi connectivity index (χ0n) is 14.0. The van der Waals surface area contributed by atoms with E-state index < -0.39 is 0 Å². The van der Waals surface area contributed by atoms with Crippen molar-refractivity contribution < 1.29 is 0 Å². The Balaban J connectivity index is 2.05. The highest BCUT2D eigenvalue weighted by Gasteiger charge is 2.13.